The second-order valence-electron chi connectivity index (χ2n) is 12.2. The lowest BCUT2D eigenvalue weighted by atomic mass is 9.73. The van der Waals surface area contributed by atoms with Crippen molar-refractivity contribution >= 4 is 44.0 Å². The Morgan fingerprint density at radius 3 is 2.64 bits per heavy atom. The van der Waals surface area contributed by atoms with Gasteiger partial charge in [-0.05, 0) is 62.6 Å². The number of aromatic nitrogens is 6. The number of rotatable bonds is 9. The summed E-state index contributed by atoms with van der Waals surface area (Å²) in [5.41, 5.74) is 3.69. The van der Waals surface area contributed by atoms with Gasteiger partial charge >= 0.3 is 0 Å². The van der Waals surface area contributed by atoms with Gasteiger partial charge in [0, 0.05) is 23.8 Å². The molecule has 1 N–H and O–H groups in total. The van der Waals surface area contributed by atoms with E-state index in [4.69, 9.17) is 9.72 Å². The summed E-state index contributed by atoms with van der Waals surface area (Å²) in [7, 11) is -3.93. The van der Waals surface area contributed by atoms with Crippen molar-refractivity contribution in [3.05, 3.63) is 81.8 Å². The summed E-state index contributed by atoms with van der Waals surface area (Å²) in [5.74, 6) is -0.397. The van der Waals surface area contributed by atoms with Gasteiger partial charge in [-0.2, -0.15) is 4.31 Å². The van der Waals surface area contributed by atoms with Gasteiger partial charge in [-0.3, -0.25) is 14.8 Å². The van der Waals surface area contributed by atoms with Crippen molar-refractivity contribution in [2.75, 3.05) is 11.9 Å². The lowest BCUT2D eigenvalue weighted by Crippen LogP contribution is -2.37. The SMILES string of the molecule is CC[C@@H]1CN(Cc2nc([C@@H](c3ccc4c(nnn4CC)c3C)C(C)(C)C(=O)Nc3cccnc3)sc2C)S(=O)(=O)c2cnccc2O1. The summed E-state index contributed by atoms with van der Waals surface area (Å²) in [6, 6.07) is 9.17. The van der Waals surface area contributed by atoms with E-state index in [1.54, 1.807) is 30.6 Å². The smallest absolute Gasteiger partial charge is 0.248 e. The van der Waals surface area contributed by atoms with Gasteiger partial charge in [0.05, 0.1) is 53.7 Å². The van der Waals surface area contributed by atoms with Crippen molar-refractivity contribution in [2.45, 2.75) is 78.0 Å². The number of hydrogen-bond donors (Lipinski definition) is 1. The lowest BCUT2D eigenvalue weighted by molar-refractivity contribution is -0.124. The molecule has 5 aromatic rings. The Balaban J connectivity index is 1.43. The van der Waals surface area contributed by atoms with E-state index in [1.165, 1.54) is 28.0 Å². The number of pyridine rings is 2. The Hall–Kier alpha value is -4.27. The van der Waals surface area contributed by atoms with Gasteiger partial charge in [0.2, 0.25) is 15.9 Å². The summed E-state index contributed by atoms with van der Waals surface area (Å²) >= 11 is 1.47. The Bertz CT molecular complexity index is 2040. The minimum atomic E-state index is -3.93. The van der Waals surface area contributed by atoms with Crippen molar-refractivity contribution in [1.29, 1.82) is 0 Å². The molecule has 47 heavy (non-hydrogen) atoms. The number of carbonyl (C=O) groups is 1. The number of amides is 1. The number of ether oxygens (including phenoxy) is 1. The van der Waals surface area contributed by atoms with Gasteiger partial charge in [0.25, 0.3) is 0 Å². The van der Waals surface area contributed by atoms with Crippen LogP contribution in [0.4, 0.5) is 5.69 Å². The van der Waals surface area contributed by atoms with E-state index in [9.17, 15) is 13.2 Å². The maximum Gasteiger partial charge on any atom is 0.248 e. The van der Waals surface area contributed by atoms with Crippen LogP contribution in [-0.4, -0.2) is 61.2 Å². The molecule has 0 saturated carbocycles. The molecule has 0 unspecified atom stereocenters. The van der Waals surface area contributed by atoms with E-state index >= 15 is 0 Å². The lowest BCUT2D eigenvalue weighted by Gasteiger charge is -2.33. The monoisotopic (exact) mass is 674 g/mol. The number of sulfonamides is 1. The van der Waals surface area contributed by atoms with Crippen molar-refractivity contribution in [3.8, 4) is 5.75 Å². The van der Waals surface area contributed by atoms with E-state index in [1.807, 2.05) is 58.4 Å². The summed E-state index contributed by atoms with van der Waals surface area (Å²) in [5, 5.41) is 12.5. The van der Waals surface area contributed by atoms with Crippen LogP contribution < -0.4 is 10.1 Å². The molecule has 4 aromatic heterocycles. The van der Waals surface area contributed by atoms with Crippen LogP contribution in [0.25, 0.3) is 11.0 Å². The number of benzene rings is 1. The van der Waals surface area contributed by atoms with Crippen LogP contribution in [0.5, 0.6) is 5.75 Å². The average Bonchev–Trinajstić information content (AvgIpc) is 3.62. The molecule has 0 bridgehead atoms. The quantitative estimate of drug-likeness (QED) is 0.215. The van der Waals surface area contributed by atoms with Gasteiger partial charge in [0.1, 0.15) is 27.3 Å². The molecule has 2 atom stereocenters. The Morgan fingerprint density at radius 1 is 1.13 bits per heavy atom. The zero-order chi connectivity index (χ0) is 33.5. The van der Waals surface area contributed by atoms with Crippen LogP contribution in [0, 0.1) is 19.3 Å². The standard InChI is InChI=1S/C33H38N8O4S2/c1-7-23-18-40(47(43,44)28-17-35-15-13-27(28)45-23)19-25-21(4)46-31(37-25)29(33(5,6)32(42)36-22-10-9-14-34-16-22)24-11-12-26-30(20(24)3)38-39-41(26)8-2/h9-17,23,29H,7-8,18-19H2,1-6H3,(H,36,42)/t23-,29-/m1/s1. The zero-order valence-electron chi connectivity index (χ0n) is 27.3. The van der Waals surface area contributed by atoms with Crippen molar-refractivity contribution < 1.29 is 17.9 Å². The van der Waals surface area contributed by atoms with E-state index < -0.39 is 21.4 Å². The highest BCUT2D eigenvalue weighted by Gasteiger charge is 2.43. The van der Waals surface area contributed by atoms with E-state index in [0.717, 1.165) is 27.0 Å². The van der Waals surface area contributed by atoms with Gasteiger partial charge in [0.15, 0.2) is 0 Å². The molecule has 1 aliphatic heterocycles. The molecular formula is C33H38N8O4S2. The molecule has 0 spiro atoms. The van der Waals surface area contributed by atoms with Crippen molar-refractivity contribution in [3.63, 3.8) is 0 Å². The molecule has 0 aliphatic carbocycles. The number of nitrogens with one attached hydrogen (secondary N) is 1. The molecule has 1 amide bonds. The summed E-state index contributed by atoms with van der Waals surface area (Å²) in [4.78, 5) is 28.3. The highest BCUT2D eigenvalue weighted by molar-refractivity contribution is 7.89. The first-order valence-electron chi connectivity index (χ1n) is 15.6. The first-order chi connectivity index (χ1) is 22.4. The van der Waals surface area contributed by atoms with Crippen molar-refractivity contribution in [2.24, 2.45) is 5.41 Å². The molecule has 0 saturated heterocycles. The topological polar surface area (TPSA) is 145 Å². The Kier molecular flexibility index (Phi) is 8.85. The summed E-state index contributed by atoms with van der Waals surface area (Å²) in [6.45, 7) is 12.6. The fourth-order valence-electron chi connectivity index (χ4n) is 6.01. The number of hydrogen-bond acceptors (Lipinski definition) is 10. The largest absolute Gasteiger partial charge is 0.488 e. The van der Waals surface area contributed by atoms with Crippen LogP contribution in [0.15, 0.2) is 60.0 Å². The zero-order valence-corrected chi connectivity index (χ0v) is 28.9. The fourth-order valence-corrected chi connectivity index (χ4v) is 8.74. The van der Waals surface area contributed by atoms with E-state index in [2.05, 4.69) is 25.6 Å². The van der Waals surface area contributed by atoms with Gasteiger partial charge < -0.3 is 10.1 Å². The third-order valence-corrected chi connectivity index (χ3v) is 11.7. The molecule has 1 aromatic carbocycles. The van der Waals surface area contributed by atoms with E-state index in [-0.39, 0.29) is 30.0 Å². The second-order valence-corrected chi connectivity index (χ2v) is 15.4. The maximum atomic E-state index is 14.1. The molecule has 5 heterocycles. The molecule has 12 nitrogen and oxygen atoms in total. The summed E-state index contributed by atoms with van der Waals surface area (Å²) < 4.78 is 37.1. The number of anilines is 1. The number of fused-ring (bicyclic) bond motifs is 2. The van der Waals surface area contributed by atoms with E-state index in [0.29, 0.717) is 35.1 Å². The third kappa shape index (κ3) is 6.01. The number of carbonyl (C=O) groups excluding carboxylic acids is 1. The van der Waals surface area contributed by atoms with Crippen LogP contribution >= 0.6 is 11.3 Å². The predicted molar refractivity (Wildman–Crippen MR) is 180 cm³/mol. The number of thiazole rings is 1. The Labute approximate surface area is 278 Å². The molecular weight excluding hydrogens is 637 g/mol. The third-order valence-electron chi connectivity index (χ3n) is 8.82. The molecule has 1 aliphatic rings. The highest BCUT2D eigenvalue weighted by Crippen LogP contribution is 2.46. The maximum absolute atomic E-state index is 14.1. The van der Waals surface area contributed by atoms with Crippen LogP contribution in [-0.2, 0) is 27.9 Å². The van der Waals surface area contributed by atoms with Crippen molar-refractivity contribution in [1.82, 2.24) is 34.3 Å². The average molecular weight is 675 g/mol. The Morgan fingerprint density at radius 2 is 1.91 bits per heavy atom. The first-order valence-corrected chi connectivity index (χ1v) is 17.8. The first kappa shape index (κ1) is 32.7. The van der Waals surface area contributed by atoms with Gasteiger partial charge in [-0.15, -0.1) is 16.4 Å². The van der Waals surface area contributed by atoms with Gasteiger partial charge in [-0.25, -0.2) is 18.1 Å². The number of nitrogens with zero attached hydrogens (tertiary/aromatic N) is 7. The highest BCUT2D eigenvalue weighted by atomic mass is 32.2. The minimum Gasteiger partial charge on any atom is -0.488 e. The van der Waals surface area contributed by atoms with Crippen LogP contribution in [0.3, 0.4) is 0 Å². The van der Waals surface area contributed by atoms with Crippen LogP contribution in [0.1, 0.15) is 66.7 Å². The molecule has 246 valence electrons. The molecule has 0 fully saturated rings. The number of aryl methyl sites for hydroxylation is 3. The molecule has 0 radical (unpaired) electrons. The molecule has 14 heteroatoms. The van der Waals surface area contributed by atoms with Gasteiger partial charge in [-0.1, -0.05) is 32.1 Å². The fraction of sp³-hybridized carbons (Fsp3) is 0.394. The molecule has 6 rings (SSSR count). The van der Waals surface area contributed by atoms with Crippen LogP contribution in [0.2, 0.25) is 0 Å². The summed E-state index contributed by atoms with van der Waals surface area (Å²) in [6.07, 6.45) is 6.42. The normalized spacial score (nSPS) is 17.1. The minimum absolute atomic E-state index is 0.0409. The second kappa shape index (κ2) is 12.7. The predicted octanol–water partition coefficient (Wildman–Crippen LogP) is 5.47.